The molecule has 5 nitrogen and oxygen atoms in total. The van der Waals surface area contributed by atoms with Gasteiger partial charge in [-0.2, -0.15) is 0 Å². The molecule has 0 rings (SSSR count). The molecule has 0 saturated heterocycles. The summed E-state index contributed by atoms with van der Waals surface area (Å²) in [4.78, 5) is 9.90. The van der Waals surface area contributed by atoms with Crippen LogP contribution in [0.4, 0.5) is 0 Å². The van der Waals surface area contributed by atoms with E-state index in [-0.39, 0.29) is 63.0 Å². The predicted molar refractivity (Wildman–Crippen MR) is 24.5 cm³/mol. The van der Waals surface area contributed by atoms with E-state index in [0.29, 0.717) is 0 Å². The molecule has 0 spiro atoms. The first kappa shape index (κ1) is 13.6. The first-order chi connectivity index (χ1) is 4.09. The zero-order chi connectivity index (χ0) is 7.44. The van der Waals surface area contributed by atoms with Crippen LogP contribution in [0.3, 0.4) is 0 Å². The largest absolute Gasteiger partial charge is 1.00 e. The summed E-state index contributed by atoms with van der Waals surface area (Å²) in [5, 5.41) is 25.8. The molecule has 0 saturated carbocycles. The summed E-state index contributed by atoms with van der Waals surface area (Å²) in [5.41, 5.74) is 0. The molecule has 54 valence electrons. The van der Waals surface area contributed by atoms with Gasteiger partial charge in [0.15, 0.2) is 0 Å². The fraction of sp³-hybridized carbons (Fsp3) is 0.750. The van der Waals surface area contributed by atoms with Crippen molar-refractivity contribution in [2.75, 3.05) is 0 Å². The van der Waals surface area contributed by atoms with Crippen LogP contribution in [0.15, 0.2) is 0 Å². The molecule has 0 bridgehead atoms. The standard InChI is InChI=1S/C4H9NO4.K/c1-2-3(4(6)7)5(8)9;/h3,8-9H,2H2,1H3,(H,6,7);/q;+1/p-1. The topological polar surface area (TPSA) is 83.8 Å². The second-order valence-electron chi connectivity index (χ2n) is 1.56. The van der Waals surface area contributed by atoms with Crippen LogP contribution in [0, 0.1) is 0 Å². The fourth-order valence-electron chi connectivity index (χ4n) is 0.424. The van der Waals surface area contributed by atoms with Crippen LogP contribution in [0.5, 0.6) is 0 Å². The van der Waals surface area contributed by atoms with Crippen LogP contribution < -0.4 is 56.5 Å². The third-order valence-electron chi connectivity index (χ3n) is 0.938. The SMILES string of the molecule is CCC(C(=O)[O-])N(O)O.[K+]. The van der Waals surface area contributed by atoms with Crippen LogP contribution in [0.2, 0.25) is 0 Å². The number of hydroxylamine groups is 2. The van der Waals surface area contributed by atoms with Gasteiger partial charge in [0.05, 0.1) is 5.97 Å². The Hall–Kier alpha value is 0.986. The Morgan fingerprint density at radius 3 is 2.10 bits per heavy atom. The molecule has 0 aromatic rings. The molecule has 6 heteroatoms. The maximum Gasteiger partial charge on any atom is 1.00 e. The number of aliphatic carboxylic acids is 1. The Kier molecular flexibility index (Phi) is 9.07. The van der Waals surface area contributed by atoms with E-state index in [1.165, 1.54) is 6.92 Å². The van der Waals surface area contributed by atoms with E-state index in [1.54, 1.807) is 0 Å². The number of rotatable bonds is 3. The molecule has 0 aliphatic rings. The van der Waals surface area contributed by atoms with Crippen molar-refractivity contribution in [3.8, 4) is 0 Å². The summed E-state index contributed by atoms with van der Waals surface area (Å²) in [6.45, 7) is 1.50. The Bertz CT molecular complexity index is 107. The molecule has 0 fully saturated rings. The van der Waals surface area contributed by atoms with Crippen LogP contribution in [0.1, 0.15) is 13.3 Å². The molecule has 0 aromatic carbocycles. The maximum absolute atomic E-state index is 9.90. The van der Waals surface area contributed by atoms with Gasteiger partial charge in [-0.25, -0.2) is 0 Å². The van der Waals surface area contributed by atoms with Crippen LogP contribution in [-0.2, 0) is 4.79 Å². The second kappa shape index (κ2) is 6.68. The summed E-state index contributed by atoms with van der Waals surface area (Å²) in [5.74, 6) is -1.50. The number of carbonyl (C=O) groups excluding carboxylic acids is 1. The zero-order valence-corrected chi connectivity index (χ0v) is 9.07. The first-order valence-corrected chi connectivity index (χ1v) is 2.47. The van der Waals surface area contributed by atoms with Crippen molar-refractivity contribution in [1.82, 2.24) is 5.23 Å². The summed E-state index contributed by atoms with van der Waals surface area (Å²) >= 11 is 0. The van der Waals surface area contributed by atoms with Crippen molar-refractivity contribution in [2.24, 2.45) is 0 Å². The van der Waals surface area contributed by atoms with Crippen molar-refractivity contribution >= 4 is 5.97 Å². The smallest absolute Gasteiger partial charge is 0.548 e. The van der Waals surface area contributed by atoms with E-state index < -0.39 is 12.0 Å². The summed E-state index contributed by atoms with van der Waals surface area (Å²) in [6.07, 6.45) is 0.0926. The number of carboxylic acids is 1. The summed E-state index contributed by atoms with van der Waals surface area (Å²) in [7, 11) is 0. The minimum absolute atomic E-state index is 0. The fourth-order valence-corrected chi connectivity index (χ4v) is 0.424. The molecular weight excluding hydrogens is 165 g/mol. The summed E-state index contributed by atoms with van der Waals surface area (Å²) < 4.78 is 0. The average molecular weight is 173 g/mol. The minimum atomic E-state index is -1.50. The number of carboxylic acid groups (broad SMARTS) is 1. The van der Waals surface area contributed by atoms with E-state index in [9.17, 15) is 9.90 Å². The van der Waals surface area contributed by atoms with E-state index in [2.05, 4.69) is 0 Å². The first-order valence-electron chi connectivity index (χ1n) is 2.47. The van der Waals surface area contributed by atoms with Gasteiger partial charge in [0.25, 0.3) is 0 Å². The van der Waals surface area contributed by atoms with Gasteiger partial charge in [0.1, 0.15) is 6.04 Å². The average Bonchev–Trinajstić information content (AvgIpc) is 1.64. The van der Waals surface area contributed by atoms with Crippen molar-refractivity contribution < 1.29 is 71.7 Å². The Morgan fingerprint density at radius 2 is 2.10 bits per heavy atom. The van der Waals surface area contributed by atoms with E-state index in [0.717, 1.165) is 0 Å². The van der Waals surface area contributed by atoms with E-state index >= 15 is 0 Å². The van der Waals surface area contributed by atoms with Crippen molar-refractivity contribution in [3.05, 3.63) is 0 Å². The predicted octanol–water partition coefficient (Wildman–Crippen LogP) is -4.40. The molecular formula is C4H8KNO4. The quantitative estimate of drug-likeness (QED) is 0.332. The minimum Gasteiger partial charge on any atom is -0.548 e. The normalized spacial score (nSPS) is 12.4. The third kappa shape index (κ3) is 4.75. The van der Waals surface area contributed by atoms with Gasteiger partial charge in [-0.15, -0.1) is 0 Å². The molecule has 1 unspecified atom stereocenters. The molecule has 10 heavy (non-hydrogen) atoms. The van der Waals surface area contributed by atoms with Crippen LogP contribution in [0.25, 0.3) is 0 Å². The number of nitrogens with zero attached hydrogens (tertiary/aromatic N) is 1. The van der Waals surface area contributed by atoms with Crippen molar-refractivity contribution in [3.63, 3.8) is 0 Å². The molecule has 0 radical (unpaired) electrons. The molecule has 0 aliphatic carbocycles. The van der Waals surface area contributed by atoms with Crippen LogP contribution >= 0.6 is 0 Å². The second-order valence-corrected chi connectivity index (χ2v) is 1.56. The van der Waals surface area contributed by atoms with Gasteiger partial charge in [-0.3, -0.25) is 10.4 Å². The van der Waals surface area contributed by atoms with Gasteiger partial charge in [0.2, 0.25) is 0 Å². The third-order valence-corrected chi connectivity index (χ3v) is 0.938. The Morgan fingerprint density at radius 1 is 1.70 bits per heavy atom. The number of hydrogen-bond donors (Lipinski definition) is 2. The Balaban J connectivity index is 0. The van der Waals surface area contributed by atoms with Gasteiger partial charge < -0.3 is 9.90 Å². The molecule has 1 atom stereocenters. The number of carbonyl (C=O) groups is 1. The maximum atomic E-state index is 9.90. The van der Waals surface area contributed by atoms with Gasteiger partial charge >= 0.3 is 51.4 Å². The molecule has 2 N–H and O–H groups in total. The number of hydrogen-bond acceptors (Lipinski definition) is 5. The molecule has 0 aliphatic heterocycles. The molecule has 0 aromatic heterocycles. The van der Waals surface area contributed by atoms with E-state index in [4.69, 9.17) is 10.4 Å². The molecule has 0 amide bonds. The zero-order valence-electron chi connectivity index (χ0n) is 5.94. The molecule has 0 heterocycles. The van der Waals surface area contributed by atoms with E-state index in [1.807, 2.05) is 0 Å². The van der Waals surface area contributed by atoms with Gasteiger partial charge in [-0.05, 0) is 6.42 Å². The monoisotopic (exact) mass is 173 g/mol. The Labute approximate surface area is 101 Å². The van der Waals surface area contributed by atoms with Crippen molar-refractivity contribution in [1.29, 1.82) is 0 Å². The summed E-state index contributed by atoms with van der Waals surface area (Å²) in [6, 6.07) is -1.33. The van der Waals surface area contributed by atoms with Crippen LogP contribution in [-0.4, -0.2) is 27.7 Å². The van der Waals surface area contributed by atoms with Crippen molar-refractivity contribution in [2.45, 2.75) is 19.4 Å². The van der Waals surface area contributed by atoms with Gasteiger partial charge in [-0.1, -0.05) is 12.2 Å². The van der Waals surface area contributed by atoms with Gasteiger partial charge in [0, 0.05) is 0 Å².